The molecular weight excluding hydrogens is 438 g/mol. The number of aromatic nitrogens is 6. The van der Waals surface area contributed by atoms with Crippen LogP contribution in [-0.2, 0) is 11.3 Å². The second-order valence-electron chi connectivity index (χ2n) is 8.28. The lowest BCUT2D eigenvalue weighted by Gasteiger charge is -2.14. The third-order valence-corrected chi connectivity index (χ3v) is 5.76. The highest BCUT2D eigenvalue weighted by molar-refractivity contribution is 6.09. The maximum Gasteiger partial charge on any atom is 0.278 e. The Hall–Kier alpha value is -3.93. The van der Waals surface area contributed by atoms with Crippen LogP contribution in [0.25, 0.3) is 0 Å². The molecular formula is C22H25N9O3. The van der Waals surface area contributed by atoms with Gasteiger partial charge in [0, 0.05) is 19.6 Å². The van der Waals surface area contributed by atoms with Crippen molar-refractivity contribution < 1.29 is 14.3 Å². The summed E-state index contributed by atoms with van der Waals surface area (Å²) in [5, 5.41) is 12.8. The number of carbonyl (C=O) groups is 2. The van der Waals surface area contributed by atoms with Gasteiger partial charge in [-0.15, -0.1) is 0 Å². The summed E-state index contributed by atoms with van der Waals surface area (Å²) in [5.41, 5.74) is 1.99. The van der Waals surface area contributed by atoms with Crippen LogP contribution in [0.1, 0.15) is 58.3 Å². The van der Waals surface area contributed by atoms with Crippen molar-refractivity contribution in [3.63, 3.8) is 0 Å². The van der Waals surface area contributed by atoms with Crippen molar-refractivity contribution in [1.29, 1.82) is 0 Å². The molecule has 1 aliphatic heterocycles. The van der Waals surface area contributed by atoms with E-state index in [9.17, 15) is 9.59 Å². The molecule has 3 aromatic rings. The molecule has 176 valence electrons. The van der Waals surface area contributed by atoms with E-state index in [0.29, 0.717) is 24.8 Å². The molecule has 12 heteroatoms. The highest BCUT2D eigenvalue weighted by atomic mass is 16.5. The third-order valence-electron chi connectivity index (χ3n) is 5.76. The molecule has 0 bridgehead atoms. The molecule has 3 N–H and O–H groups in total. The number of hydrogen-bond acceptors (Lipinski definition) is 9. The van der Waals surface area contributed by atoms with E-state index >= 15 is 0 Å². The highest BCUT2D eigenvalue weighted by Gasteiger charge is 2.29. The lowest BCUT2D eigenvalue weighted by atomic mass is 10.2. The molecule has 2 fully saturated rings. The van der Waals surface area contributed by atoms with Crippen molar-refractivity contribution in [2.24, 2.45) is 0 Å². The summed E-state index contributed by atoms with van der Waals surface area (Å²) >= 11 is 0. The van der Waals surface area contributed by atoms with Crippen molar-refractivity contribution in [1.82, 2.24) is 35.0 Å². The average molecular weight is 464 g/mol. The maximum atomic E-state index is 13.4. The summed E-state index contributed by atoms with van der Waals surface area (Å²) in [6, 6.07) is 0. The zero-order valence-electron chi connectivity index (χ0n) is 18.7. The highest BCUT2D eigenvalue weighted by Crippen LogP contribution is 2.39. The number of nitrogens with zero attached hydrogens (tertiary/aromatic N) is 6. The Bertz CT molecular complexity index is 1190. The van der Waals surface area contributed by atoms with Crippen LogP contribution in [0.2, 0.25) is 0 Å². The molecule has 2 aliphatic rings. The smallest absolute Gasteiger partial charge is 0.278 e. The van der Waals surface area contributed by atoms with Crippen molar-refractivity contribution >= 4 is 29.0 Å². The number of ether oxygens (including phenoxy) is 1. The van der Waals surface area contributed by atoms with Gasteiger partial charge in [-0.3, -0.25) is 14.3 Å². The minimum absolute atomic E-state index is 0.0168. The van der Waals surface area contributed by atoms with Crippen LogP contribution in [0.15, 0.2) is 31.1 Å². The van der Waals surface area contributed by atoms with Gasteiger partial charge >= 0.3 is 0 Å². The first-order chi connectivity index (χ1) is 16.6. The van der Waals surface area contributed by atoms with E-state index < -0.39 is 5.91 Å². The SMILES string of the molecule is CNC(=O)c1c(NC(=O)c2nc(C3CC3)cnc2Nc2cncnc2)cnn1CC1CCCO1. The lowest BCUT2D eigenvalue weighted by Crippen LogP contribution is -2.27. The second kappa shape index (κ2) is 9.51. The Labute approximate surface area is 195 Å². The van der Waals surface area contributed by atoms with E-state index in [1.807, 2.05) is 0 Å². The molecule has 3 aromatic heterocycles. The summed E-state index contributed by atoms with van der Waals surface area (Å²) in [6.07, 6.45) is 11.6. The summed E-state index contributed by atoms with van der Waals surface area (Å²) in [7, 11) is 1.53. The molecule has 1 saturated carbocycles. The van der Waals surface area contributed by atoms with Gasteiger partial charge in [-0.25, -0.2) is 19.9 Å². The lowest BCUT2D eigenvalue weighted by molar-refractivity contribution is 0.0881. The summed E-state index contributed by atoms with van der Waals surface area (Å²) < 4.78 is 7.25. The number of nitrogens with one attached hydrogen (secondary N) is 3. The summed E-state index contributed by atoms with van der Waals surface area (Å²) in [5.74, 6) is -0.284. The first kappa shape index (κ1) is 21.9. The van der Waals surface area contributed by atoms with Gasteiger partial charge in [0.2, 0.25) is 0 Å². The fourth-order valence-electron chi connectivity index (χ4n) is 3.86. The molecule has 0 aromatic carbocycles. The van der Waals surface area contributed by atoms with Gasteiger partial charge in [-0.1, -0.05) is 0 Å². The van der Waals surface area contributed by atoms with Crippen LogP contribution in [0.3, 0.4) is 0 Å². The molecule has 34 heavy (non-hydrogen) atoms. The molecule has 4 heterocycles. The molecule has 1 aliphatic carbocycles. The predicted octanol–water partition coefficient (Wildman–Crippen LogP) is 1.87. The second-order valence-corrected chi connectivity index (χ2v) is 8.28. The molecule has 12 nitrogen and oxygen atoms in total. The predicted molar refractivity (Wildman–Crippen MR) is 122 cm³/mol. The van der Waals surface area contributed by atoms with E-state index in [2.05, 4.69) is 41.0 Å². The van der Waals surface area contributed by atoms with E-state index in [-0.39, 0.29) is 34.9 Å². The first-order valence-electron chi connectivity index (χ1n) is 11.2. The normalized spacial score (nSPS) is 17.4. The van der Waals surface area contributed by atoms with E-state index in [4.69, 9.17) is 4.74 Å². The Morgan fingerprint density at radius 2 is 1.94 bits per heavy atom. The molecule has 1 unspecified atom stereocenters. The summed E-state index contributed by atoms with van der Waals surface area (Å²) in [6.45, 7) is 1.12. The van der Waals surface area contributed by atoms with Gasteiger partial charge in [-0.2, -0.15) is 5.10 Å². The van der Waals surface area contributed by atoms with Crippen molar-refractivity contribution in [2.45, 2.75) is 44.2 Å². The fraction of sp³-hybridized carbons (Fsp3) is 0.409. The van der Waals surface area contributed by atoms with Crippen LogP contribution >= 0.6 is 0 Å². The monoisotopic (exact) mass is 463 g/mol. The topological polar surface area (TPSA) is 149 Å². The molecule has 0 spiro atoms. The quantitative estimate of drug-likeness (QED) is 0.455. The first-order valence-corrected chi connectivity index (χ1v) is 11.2. The van der Waals surface area contributed by atoms with E-state index in [1.165, 1.54) is 19.6 Å². The Balaban J connectivity index is 1.43. The van der Waals surface area contributed by atoms with Crippen molar-refractivity contribution in [3.8, 4) is 0 Å². The fourth-order valence-corrected chi connectivity index (χ4v) is 3.86. The standard InChI is InChI=1S/C22H25N9O3/c1-23-22(33)19-17(10-27-31(19)11-15-3-2-6-34-15)30-21(32)18-20(28-14-7-24-12-25-8-14)26-9-16(29-18)13-4-5-13/h7-10,12-13,15H,2-6,11H2,1H3,(H,23,33)(H,26,28)(H,30,32). The number of hydrogen-bond donors (Lipinski definition) is 3. The average Bonchev–Trinajstić information content (AvgIpc) is 3.45. The minimum Gasteiger partial charge on any atom is -0.376 e. The van der Waals surface area contributed by atoms with Crippen LogP contribution in [-0.4, -0.2) is 61.3 Å². The van der Waals surface area contributed by atoms with Crippen molar-refractivity contribution in [3.05, 3.63) is 48.2 Å². The van der Waals surface area contributed by atoms with Crippen LogP contribution in [0.5, 0.6) is 0 Å². The maximum absolute atomic E-state index is 13.4. The van der Waals surface area contributed by atoms with E-state index in [1.54, 1.807) is 23.3 Å². The molecule has 2 amide bonds. The van der Waals surface area contributed by atoms with Gasteiger partial charge in [0.25, 0.3) is 11.8 Å². The van der Waals surface area contributed by atoms with Crippen LogP contribution < -0.4 is 16.0 Å². The Morgan fingerprint density at radius 1 is 1.12 bits per heavy atom. The molecule has 1 atom stereocenters. The van der Waals surface area contributed by atoms with Crippen LogP contribution in [0.4, 0.5) is 17.2 Å². The van der Waals surface area contributed by atoms with Gasteiger partial charge < -0.3 is 20.7 Å². The molecule has 1 saturated heterocycles. The number of amides is 2. The van der Waals surface area contributed by atoms with E-state index in [0.717, 1.165) is 31.4 Å². The summed E-state index contributed by atoms with van der Waals surface area (Å²) in [4.78, 5) is 43.0. The van der Waals surface area contributed by atoms with Crippen LogP contribution in [0, 0.1) is 0 Å². The zero-order chi connectivity index (χ0) is 23.5. The number of carbonyl (C=O) groups excluding carboxylic acids is 2. The third kappa shape index (κ3) is 4.71. The number of anilines is 3. The van der Waals surface area contributed by atoms with Gasteiger partial charge in [0.1, 0.15) is 12.0 Å². The minimum atomic E-state index is -0.504. The van der Waals surface area contributed by atoms with Crippen molar-refractivity contribution in [2.75, 3.05) is 24.3 Å². The molecule has 0 radical (unpaired) electrons. The molecule has 5 rings (SSSR count). The zero-order valence-corrected chi connectivity index (χ0v) is 18.7. The van der Waals surface area contributed by atoms with Gasteiger partial charge in [0.05, 0.1) is 54.5 Å². The Kier molecular flexibility index (Phi) is 6.12. The Morgan fingerprint density at radius 3 is 2.65 bits per heavy atom. The van der Waals surface area contributed by atoms with Gasteiger partial charge in [0.15, 0.2) is 11.5 Å². The number of rotatable bonds is 8. The van der Waals surface area contributed by atoms with Gasteiger partial charge in [-0.05, 0) is 25.7 Å². The largest absolute Gasteiger partial charge is 0.376 e.